The largest absolute Gasteiger partial charge is 0.365 e. The summed E-state index contributed by atoms with van der Waals surface area (Å²) in [4.78, 5) is 19.0. The van der Waals surface area contributed by atoms with Crippen LogP contribution in [-0.4, -0.2) is 14.9 Å². The van der Waals surface area contributed by atoms with Gasteiger partial charge in [0, 0.05) is 12.6 Å². The second-order valence-corrected chi connectivity index (χ2v) is 6.67. The number of aromatic nitrogens is 2. The topological polar surface area (TPSA) is 81.0 Å². The summed E-state index contributed by atoms with van der Waals surface area (Å²) in [6, 6.07) is 6.66. The highest BCUT2D eigenvalue weighted by molar-refractivity contribution is 7.21. The molecule has 0 spiro atoms. The molecule has 0 bridgehead atoms. The number of nitrogens with zero attached hydrogens (tertiary/aromatic N) is 3. The maximum absolute atomic E-state index is 10.9. The lowest BCUT2D eigenvalue weighted by Gasteiger charge is -2.08. The standard InChI is InChI=1S/C13H7Cl3N4O2S/c14-8-2-1-6(3-9(8)15)5-17-11-7-4-10(20(21)22)23-12(7)19-13(16)18-11/h1-4H,5H2,(H,17,18,19). The van der Waals surface area contributed by atoms with Gasteiger partial charge in [0.15, 0.2) is 0 Å². The number of nitro groups is 1. The number of anilines is 1. The van der Waals surface area contributed by atoms with Crippen LogP contribution in [0.2, 0.25) is 15.3 Å². The van der Waals surface area contributed by atoms with Crippen LogP contribution in [-0.2, 0) is 6.54 Å². The molecule has 0 atom stereocenters. The monoisotopic (exact) mass is 388 g/mol. The van der Waals surface area contributed by atoms with Crippen molar-refractivity contribution >= 4 is 67.2 Å². The molecule has 0 saturated carbocycles. The molecule has 1 aromatic carbocycles. The minimum absolute atomic E-state index is 0.0193. The van der Waals surface area contributed by atoms with Crippen molar-refractivity contribution in [3.05, 3.63) is 55.3 Å². The van der Waals surface area contributed by atoms with Gasteiger partial charge in [0.25, 0.3) is 0 Å². The number of hydrogen-bond acceptors (Lipinski definition) is 6. The third-order valence-electron chi connectivity index (χ3n) is 2.98. The van der Waals surface area contributed by atoms with E-state index >= 15 is 0 Å². The molecule has 3 rings (SSSR count). The Kier molecular flexibility index (Phi) is 4.54. The molecule has 0 radical (unpaired) electrons. The van der Waals surface area contributed by atoms with Gasteiger partial charge >= 0.3 is 5.00 Å². The van der Waals surface area contributed by atoms with Gasteiger partial charge in [0.05, 0.1) is 20.4 Å². The van der Waals surface area contributed by atoms with Crippen LogP contribution in [0.3, 0.4) is 0 Å². The van der Waals surface area contributed by atoms with E-state index in [-0.39, 0.29) is 10.3 Å². The van der Waals surface area contributed by atoms with Gasteiger partial charge in [-0.3, -0.25) is 10.1 Å². The maximum atomic E-state index is 10.9. The summed E-state index contributed by atoms with van der Waals surface area (Å²) < 4.78 is 0. The summed E-state index contributed by atoms with van der Waals surface area (Å²) in [5.74, 6) is 0.426. The van der Waals surface area contributed by atoms with Crippen molar-refractivity contribution in [1.29, 1.82) is 0 Å². The van der Waals surface area contributed by atoms with Crippen LogP contribution in [0.5, 0.6) is 0 Å². The van der Waals surface area contributed by atoms with Crippen LogP contribution in [0.15, 0.2) is 24.3 Å². The molecule has 0 aliphatic rings. The number of halogens is 3. The van der Waals surface area contributed by atoms with E-state index < -0.39 is 4.92 Å². The van der Waals surface area contributed by atoms with Crippen molar-refractivity contribution in [1.82, 2.24) is 9.97 Å². The third kappa shape index (κ3) is 3.48. The Morgan fingerprint density at radius 1 is 1.17 bits per heavy atom. The first-order valence-corrected chi connectivity index (χ1v) is 8.18. The third-order valence-corrected chi connectivity index (χ3v) is 4.87. The van der Waals surface area contributed by atoms with Gasteiger partial charge in [0.2, 0.25) is 5.28 Å². The Morgan fingerprint density at radius 3 is 2.65 bits per heavy atom. The van der Waals surface area contributed by atoms with Crippen molar-refractivity contribution in [3.63, 3.8) is 0 Å². The Balaban J connectivity index is 1.92. The summed E-state index contributed by atoms with van der Waals surface area (Å²) >= 11 is 18.7. The number of benzene rings is 1. The number of rotatable bonds is 4. The van der Waals surface area contributed by atoms with Gasteiger partial charge in [-0.15, -0.1) is 0 Å². The van der Waals surface area contributed by atoms with Crippen LogP contribution in [0, 0.1) is 10.1 Å². The molecule has 118 valence electrons. The van der Waals surface area contributed by atoms with Gasteiger partial charge in [-0.1, -0.05) is 29.3 Å². The Bertz CT molecular complexity index is 916. The minimum Gasteiger partial charge on any atom is -0.365 e. The molecule has 0 aliphatic heterocycles. The highest BCUT2D eigenvalue weighted by Crippen LogP contribution is 2.34. The highest BCUT2D eigenvalue weighted by Gasteiger charge is 2.17. The van der Waals surface area contributed by atoms with Gasteiger partial charge < -0.3 is 5.32 Å². The molecule has 10 heteroatoms. The van der Waals surface area contributed by atoms with E-state index in [0.717, 1.165) is 16.9 Å². The van der Waals surface area contributed by atoms with Gasteiger partial charge in [0.1, 0.15) is 10.6 Å². The van der Waals surface area contributed by atoms with Crippen LogP contribution in [0.25, 0.3) is 10.2 Å². The number of thiophene rings is 1. The van der Waals surface area contributed by atoms with Crippen molar-refractivity contribution in [2.75, 3.05) is 5.32 Å². The van der Waals surface area contributed by atoms with E-state index in [1.807, 2.05) is 6.07 Å². The van der Waals surface area contributed by atoms with E-state index in [9.17, 15) is 10.1 Å². The predicted octanol–water partition coefficient (Wildman–Crippen LogP) is 5.17. The molecular formula is C13H7Cl3N4O2S. The van der Waals surface area contributed by atoms with Gasteiger partial charge in [-0.25, -0.2) is 9.97 Å². The first-order valence-electron chi connectivity index (χ1n) is 6.23. The molecular weight excluding hydrogens is 383 g/mol. The molecule has 1 N–H and O–H groups in total. The normalized spacial score (nSPS) is 10.9. The summed E-state index contributed by atoms with van der Waals surface area (Å²) in [6.45, 7) is 0.406. The summed E-state index contributed by atoms with van der Waals surface area (Å²) in [6.07, 6.45) is 0. The number of hydrogen-bond donors (Lipinski definition) is 1. The van der Waals surface area contributed by atoms with Gasteiger partial charge in [-0.05, 0) is 40.6 Å². The second kappa shape index (κ2) is 6.45. The minimum atomic E-state index is -0.469. The second-order valence-electron chi connectivity index (χ2n) is 4.50. The van der Waals surface area contributed by atoms with E-state index in [1.165, 1.54) is 6.07 Å². The van der Waals surface area contributed by atoms with Crippen molar-refractivity contribution < 1.29 is 4.92 Å². The van der Waals surface area contributed by atoms with Crippen LogP contribution in [0.1, 0.15) is 5.56 Å². The Labute approximate surface area is 149 Å². The lowest BCUT2D eigenvalue weighted by atomic mass is 10.2. The van der Waals surface area contributed by atoms with Crippen LogP contribution < -0.4 is 5.32 Å². The molecule has 2 heterocycles. The van der Waals surface area contributed by atoms with E-state index in [0.29, 0.717) is 32.6 Å². The van der Waals surface area contributed by atoms with Crippen molar-refractivity contribution in [3.8, 4) is 0 Å². The fourth-order valence-electron chi connectivity index (χ4n) is 1.94. The smallest absolute Gasteiger partial charge is 0.326 e. The maximum Gasteiger partial charge on any atom is 0.326 e. The Morgan fingerprint density at radius 2 is 1.96 bits per heavy atom. The molecule has 0 saturated heterocycles. The molecule has 6 nitrogen and oxygen atoms in total. The number of fused-ring (bicyclic) bond motifs is 1. The predicted molar refractivity (Wildman–Crippen MR) is 92.9 cm³/mol. The molecule has 3 aromatic rings. The zero-order valence-electron chi connectivity index (χ0n) is 11.2. The van der Waals surface area contributed by atoms with Crippen molar-refractivity contribution in [2.24, 2.45) is 0 Å². The fourth-order valence-corrected chi connectivity index (χ4v) is 3.33. The molecule has 0 fully saturated rings. The van der Waals surface area contributed by atoms with Crippen LogP contribution in [0.4, 0.5) is 10.8 Å². The fraction of sp³-hybridized carbons (Fsp3) is 0.0769. The molecule has 0 unspecified atom stereocenters. The average Bonchev–Trinajstić information content (AvgIpc) is 2.92. The molecule has 2 aromatic heterocycles. The molecule has 23 heavy (non-hydrogen) atoms. The first kappa shape index (κ1) is 16.2. The highest BCUT2D eigenvalue weighted by atomic mass is 35.5. The van der Waals surface area contributed by atoms with E-state index in [2.05, 4.69) is 15.3 Å². The lowest BCUT2D eigenvalue weighted by molar-refractivity contribution is -0.380. The molecule has 0 aliphatic carbocycles. The van der Waals surface area contributed by atoms with Gasteiger partial charge in [-0.2, -0.15) is 0 Å². The molecule has 0 amide bonds. The average molecular weight is 390 g/mol. The van der Waals surface area contributed by atoms with Crippen molar-refractivity contribution in [2.45, 2.75) is 6.54 Å². The quantitative estimate of drug-likeness (QED) is 0.378. The summed E-state index contributed by atoms with van der Waals surface area (Å²) in [7, 11) is 0. The zero-order valence-corrected chi connectivity index (χ0v) is 14.3. The van der Waals surface area contributed by atoms with E-state index in [4.69, 9.17) is 34.8 Å². The first-order chi connectivity index (χ1) is 10.9. The SMILES string of the molecule is O=[N+]([O-])c1cc2c(NCc3ccc(Cl)c(Cl)c3)nc(Cl)nc2s1. The zero-order chi connectivity index (χ0) is 16.6. The summed E-state index contributed by atoms with van der Waals surface area (Å²) in [5, 5.41) is 15.5. The van der Waals surface area contributed by atoms with Crippen LogP contribution >= 0.6 is 46.1 Å². The number of nitrogens with one attached hydrogen (secondary N) is 1. The Hall–Kier alpha value is -1.67. The lowest BCUT2D eigenvalue weighted by Crippen LogP contribution is -2.02. The van der Waals surface area contributed by atoms with E-state index in [1.54, 1.807) is 12.1 Å². The summed E-state index contributed by atoms with van der Waals surface area (Å²) in [5.41, 5.74) is 0.881.